The molecule has 1 N–H and O–H groups in total. The van der Waals surface area contributed by atoms with Crippen molar-refractivity contribution in [1.82, 2.24) is 5.32 Å². The monoisotopic (exact) mass is 191 g/mol. The molecule has 0 amide bonds. The van der Waals surface area contributed by atoms with Gasteiger partial charge in [-0.05, 0) is 12.8 Å². The lowest BCUT2D eigenvalue weighted by atomic mass is 10.1. The molecule has 14 heavy (non-hydrogen) atoms. The van der Waals surface area contributed by atoms with Crippen LogP contribution in [0.3, 0.4) is 0 Å². The summed E-state index contributed by atoms with van der Waals surface area (Å²) in [4.78, 5) is 0. The molecular formula is C13H21N. The highest BCUT2D eigenvalue weighted by Gasteiger charge is 2.01. The van der Waals surface area contributed by atoms with E-state index in [1.165, 1.54) is 0 Å². The van der Waals surface area contributed by atoms with Crippen LogP contribution in [0.25, 0.3) is 0 Å². The van der Waals surface area contributed by atoms with Crippen molar-refractivity contribution in [1.29, 1.82) is 0 Å². The molecule has 0 aliphatic heterocycles. The van der Waals surface area contributed by atoms with Crippen molar-refractivity contribution in [3.05, 3.63) is 25.3 Å². The van der Waals surface area contributed by atoms with Crippen LogP contribution in [0.15, 0.2) is 25.3 Å². The second kappa shape index (κ2) is 8.59. The highest BCUT2D eigenvalue weighted by molar-refractivity contribution is 5.03. The molecule has 0 bridgehead atoms. The lowest BCUT2D eigenvalue weighted by molar-refractivity contribution is 0.555. The molecule has 1 nitrogen and oxygen atoms in total. The van der Waals surface area contributed by atoms with Crippen LogP contribution >= 0.6 is 0 Å². The lowest BCUT2D eigenvalue weighted by Gasteiger charge is -2.12. The van der Waals surface area contributed by atoms with Gasteiger partial charge in [0.15, 0.2) is 0 Å². The first-order chi connectivity index (χ1) is 6.70. The van der Waals surface area contributed by atoms with Gasteiger partial charge >= 0.3 is 0 Å². The van der Waals surface area contributed by atoms with Gasteiger partial charge in [0.25, 0.3) is 0 Å². The van der Waals surface area contributed by atoms with Crippen molar-refractivity contribution >= 4 is 0 Å². The van der Waals surface area contributed by atoms with E-state index in [4.69, 9.17) is 0 Å². The third-order valence-corrected chi connectivity index (χ3v) is 1.77. The Morgan fingerprint density at radius 2 is 1.79 bits per heavy atom. The van der Waals surface area contributed by atoms with E-state index < -0.39 is 0 Å². The molecule has 0 radical (unpaired) electrons. The predicted octanol–water partition coefficient (Wildman–Crippen LogP) is 2.76. The summed E-state index contributed by atoms with van der Waals surface area (Å²) in [6.45, 7) is 12.4. The molecule has 0 rings (SSSR count). The first-order valence-electron chi connectivity index (χ1n) is 5.14. The summed E-state index contributed by atoms with van der Waals surface area (Å²) in [6, 6.07) is 0.437. The number of rotatable bonds is 6. The van der Waals surface area contributed by atoms with Crippen LogP contribution in [0.1, 0.15) is 26.7 Å². The number of nitrogens with one attached hydrogen (secondary N) is 1. The van der Waals surface area contributed by atoms with Crippen molar-refractivity contribution in [2.24, 2.45) is 5.92 Å². The lowest BCUT2D eigenvalue weighted by Crippen LogP contribution is -2.28. The summed E-state index contributed by atoms with van der Waals surface area (Å²) in [5.74, 6) is 6.68. The van der Waals surface area contributed by atoms with Crippen molar-refractivity contribution < 1.29 is 0 Å². The van der Waals surface area contributed by atoms with Gasteiger partial charge in [0.05, 0.1) is 6.54 Å². The Morgan fingerprint density at radius 1 is 1.21 bits per heavy atom. The molecule has 0 fully saturated rings. The molecule has 0 spiro atoms. The zero-order valence-electron chi connectivity index (χ0n) is 9.34. The summed E-state index contributed by atoms with van der Waals surface area (Å²) in [6.07, 6.45) is 5.79. The first-order valence-corrected chi connectivity index (χ1v) is 5.14. The fourth-order valence-electron chi connectivity index (χ4n) is 1.12. The van der Waals surface area contributed by atoms with E-state index in [0.29, 0.717) is 12.0 Å². The third kappa shape index (κ3) is 7.64. The van der Waals surface area contributed by atoms with E-state index in [2.05, 4.69) is 44.2 Å². The van der Waals surface area contributed by atoms with Gasteiger partial charge in [0.1, 0.15) is 0 Å². The van der Waals surface area contributed by atoms with E-state index in [1.54, 1.807) is 0 Å². The Kier molecular flexibility index (Phi) is 7.98. The minimum Gasteiger partial charge on any atom is -0.303 e. The average molecular weight is 191 g/mol. The summed E-state index contributed by atoms with van der Waals surface area (Å²) in [5.41, 5.74) is 0. The molecule has 0 aliphatic rings. The molecule has 78 valence electrons. The summed E-state index contributed by atoms with van der Waals surface area (Å²) in [5, 5.41) is 3.36. The van der Waals surface area contributed by atoms with Crippen molar-refractivity contribution in [2.75, 3.05) is 6.54 Å². The molecule has 0 unspecified atom stereocenters. The Balaban J connectivity index is 3.76. The van der Waals surface area contributed by atoms with Crippen LogP contribution in [-0.4, -0.2) is 12.6 Å². The Bertz CT molecular complexity index is 207. The maximum absolute atomic E-state index is 3.73. The Morgan fingerprint density at radius 3 is 2.21 bits per heavy atom. The van der Waals surface area contributed by atoms with Crippen LogP contribution in [0.4, 0.5) is 0 Å². The second-order valence-corrected chi connectivity index (χ2v) is 3.60. The largest absolute Gasteiger partial charge is 0.303 e. The molecule has 0 atom stereocenters. The molecule has 0 aromatic heterocycles. The summed E-state index contributed by atoms with van der Waals surface area (Å²) < 4.78 is 0. The van der Waals surface area contributed by atoms with Gasteiger partial charge in [0, 0.05) is 12.0 Å². The molecule has 0 aromatic rings. The first kappa shape index (κ1) is 13.0. The highest BCUT2D eigenvalue weighted by Crippen LogP contribution is 1.98. The van der Waals surface area contributed by atoms with Gasteiger partial charge in [0.2, 0.25) is 0 Å². The van der Waals surface area contributed by atoms with Crippen molar-refractivity contribution in [2.45, 2.75) is 32.7 Å². The molecule has 1 heteroatoms. The molecule has 0 aliphatic carbocycles. The van der Waals surface area contributed by atoms with Crippen molar-refractivity contribution in [3.63, 3.8) is 0 Å². The third-order valence-electron chi connectivity index (χ3n) is 1.77. The van der Waals surface area contributed by atoms with Gasteiger partial charge in [-0.25, -0.2) is 0 Å². The van der Waals surface area contributed by atoms with E-state index in [-0.39, 0.29) is 0 Å². The quantitative estimate of drug-likeness (QED) is 0.503. The minimum atomic E-state index is 0.437. The molecule has 0 saturated heterocycles. The van der Waals surface area contributed by atoms with Crippen LogP contribution < -0.4 is 5.32 Å². The van der Waals surface area contributed by atoms with Crippen LogP contribution in [0.2, 0.25) is 0 Å². The van der Waals surface area contributed by atoms with Gasteiger partial charge in [-0.3, -0.25) is 0 Å². The molecular weight excluding hydrogens is 170 g/mol. The normalized spacial score (nSPS) is 9.71. The molecule has 0 heterocycles. The smallest absolute Gasteiger partial charge is 0.0578 e. The number of hydrogen-bond acceptors (Lipinski definition) is 1. The Labute approximate surface area is 88.3 Å². The maximum atomic E-state index is 3.73. The van der Waals surface area contributed by atoms with E-state index in [1.807, 2.05) is 12.2 Å². The number of hydrogen-bond donors (Lipinski definition) is 1. The standard InChI is InChI=1S/C13H21N/c1-5-8-13(9-6-2)14-11-7-10-12(3)4/h5-6,12-14H,1-2,8-9,11H2,3-4H3. The highest BCUT2D eigenvalue weighted by atomic mass is 14.9. The Hall–Kier alpha value is -1.00. The zero-order valence-corrected chi connectivity index (χ0v) is 9.34. The van der Waals surface area contributed by atoms with E-state index >= 15 is 0 Å². The summed E-state index contributed by atoms with van der Waals surface area (Å²) >= 11 is 0. The van der Waals surface area contributed by atoms with Gasteiger partial charge in [-0.2, -0.15) is 0 Å². The second-order valence-electron chi connectivity index (χ2n) is 3.60. The fraction of sp³-hybridized carbons (Fsp3) is 0.538. The zero-order chi connectivity index (χ0) is 10.8. The summed E-state index contributed by atoms with van der Waals surface area (Å²) in [7, 11) is 0. The maximum Gasteiger partial charge on any atom is 0.0578 e. The average Bonchev–Trinajstić information content (AvgIpc) is 2.12. The van der Waals surface area contributed by atoms with E-state index in [0.717, 1.165) is 19.4 Å². The predicted molar refractivity (Wildman–Crippen MR) is 64.0 cm³/mol. The van der Waals surface area contributed by atoms with Gasteiger partial charge in [-0.15, -0.1) is 13.2 Å². The van der Waals surface area contributed by atoms with Gasteiger partial charge < -0.3 is 5.32 Å². The minimum absolute atomic E-state index is 0.437. The van der Waals surface area contributed by atoms with Gasteiger partial charge in [-0.1, -0.05) is 37.8 Å². The van der Waals surface area contributed by atoms with Crippen molar-refractivity contribution in [3.8, 4) is 11.8 Å². The van der Waals surface area contributed by atoms with Crippen LogP contribution in [0.5, 0.6) is 0 Å². The SMILES string of the molecule is C=CCC(CC=C)NCC#CC(C)C. The fourth-order valence-corrected chi connectivity index (χ4v) is 1.12. The molecule has 0 aromatic carbocycles. The molecule has 0 saturated carbocycles. The topological polar surface area (TPSA) is 12.0 Å². The van der Waals surface area contributed by atoms with Crippen LogP contribution in [0, 0.1) is 17.8 Å². The van der Waals surface area contributed by atoms with Crippen LogP contribution in [-0.2, 0) is 0 Å². The van der Waals surface area contributed by atoms with E-state index in [9.17, 15) is 0 Å².